The minimum Gasteiger partial charge on any atom is -0.454 e. The first-order valence-electron chi connectivity index (χ1n) is 12.2. The first-order valence-corrected chi connectivity index (χ1v) is 12.2. The summed E-state index contributed by atoms with van der Waals surface area (Å²) in [6.07, 6.45) is 1.96. The molecule has 5 rings (SSSR count). The summed E-state index contributed by atoms with van der Waals surface area (Å²) in [4.78, 5) is 17.8. The second-order valence-corrected chi connectivity index (χ2v) is 9.65. The summed E-state index contributed by atoms with van der Waals surface area (Å²) in [6, 6.07) is 14.1. The number of carbonyl (C=O) groups is 1. The van der Waals surface area contributed by atoms with Crippen LogP contribution in [0.2, 0.25) is 0 Å². The molecule has 0 saturated carbocycles. The highest BCUT2D eigenvalue weighted by Crippen LogP contribution is 2.42. The van der Waals surface area contributed by atoms with Crippen LogP contribution in [0.25, 0.3) is 0 Å². The van der Waals surface area contributed by atoms with Gasteiger partial charge < -0.3 is 19.5 Å². The third-order valence-electron chi connectivity index (χ3n) is 7.08. The third kappa shape index (κ3) is 4.38. The number of rotatable bonds is 3. The molecule has 6 nitrogen and oxygen atoms in total. The van der Waals surface area contributed by atoms with Crippen molar-refractivity contribution in [1.82, 2.24) is 9.80 Å². The molecule has 0 aliphatic carbocycles. The Hall–Kier alpha value is -3.01. The summed E-state index contributed by atoms with van der Waals surface area (Å²) < 4.78 is 10.9. The summed E-state index contributed by atoms with van der Waals surface area (Å²) in [7, 11) is 0. The molecular formula is C28H32N2O4. The van der Waals surface area contributed by atoms with Gasteiger partial charge in [0.25, 0.3) is 5.91 Å². The van der Waals surface area contributed by atoms with Crippen LogP contribution in [-0.2, 0) is 0 Å². The molecule has 6 heteroatoms. The van der Waals surface area contributed by atoms with Crippen LogP contribution < -0.4 is 9.47 Å². The lowest BCUT2D eigenvalue weighted by Gasteiger charge is -2.57. The number of hydrogen-bond acceptors (Lipinski definition) is 5. The average molecular weight is 461 g/mol. The number of aliphatic hydroxyl groups is 1. The van der Waals surface area contributed by atoms with Gasteiger partial charge in [0.2, 0.25) is 6.79 Å². The van der Waals surface area contributed by atoms with E-state index in [2.05, 4.69) is 54.9 Å². The van der Waals surface area contributed by atoms with Crippen LogP contribution in [-0.4, -0.2) is 65.9 Å². The predicted molar refractivity (Wildman–Crippen MR) is 130 cm³/mol. The van der Waals surface area contributed by atoms with Crippen molar-refractivity contribution in [3.63, 3.8) is 0 Å². The molecule has 2 saturated heterocycles. The number of carbonyl (C=O) groups excluding carboxylic acids is 1. The van der Waals surface area contributed by atoms with E-state index in [1.165, 1.54) is 5.56 Å². The highest BCUT2D eigenvalue weighted by Gasteiger charge is 2.49. The highest BCUT2D eigenvalue weighted by atomic mass is 16.7. The topological polar surface area (TPSA) is 62.2 Å². The molecule has 34 heavy (non-hydrogen) atoms. The fraction of sp³-hybridized carbons (Fsp3) is 0.464. The van der Waals surface area contributed by atoms with Gasteiger partial charge >= 0.3 is 0 Å². The Balaban J connectivity index is 1.37. The Kier molecular flexibility index (Phi) is 6.49. The summed E-state index contributed by atoms with van der Waals surface area (Å²) in [6.45, 7) is 6.81. The lowest BCUT2D eigenvalue weighted by atomic mass is 9.74. The van der Waals surface area contributed by atoms with E-state index >= 15 is 0 Å². The van der Waals surface area contributed by atoms with Crippen LogP contribution in [0.3, 0.4) is 0 Å². The lowest BCUT2D eigenvalue weighted by Crippen LogP contribution is -2.67. The van der Waals surface area contributed by atoms with Crippen LogP contribution in [0.5, 0.6) is 11.5 Å². The standard InChI is InChI=1S/C28H32N2O4/c1-19(2)5-6-20-7-9-21(10-8-20)27-23-16-29(13-3-4-14-30(23)24(27)17-31)28(32)22-11-12-25-26(15-22)34-18-33-25/h7-12,15,19,23-24,27,31H,3-4,13-14,16-18H2,1-2H3/t23-,24+,27+/m0/s1. The number of hydrogen-bond donors (Lipinski definition) is 1. The summed E-state index contributed by atoms with van der Waals surface area (Å²) >= 11 is 0. The Labute approximate surface area is 201 Å². The van der Waals surface area contributed by atoms with E-state index in [-0.39, 0.29) is 37.3 Å². The molecule has 2 aromatic rings. The number of aliphatic hydroxyl groups excluding tert-OH is 1. The summed E-state index contributed by atoms with van der Waals surface area (Å²) in [5, 5.41) is 10.2. The van der Waals surface area contributed by atoms with Crippen LogP contribution in [0.1, 0.15) is 54.1 Å². The van der Waals surface area contributed by atoms with Gasteiger partial charge in [-0.2, -0.15) is 0 Å². The number of benzene rings is 2. The maximum absolute atomic E-state index is 13.5. The third-order valence-corrected chi connectivity index (χ3v) is 7.08. The molecule has 0 aromatic heterocycles. The maximum atomic E-state index is 13.5. The lowest BCUT2D eigenvalue weighted by molar-refractivity contribution is -0.0606. The van der Waals surface area contributed by atoms with Gasteiger partial charge in [-0.25, -0.2) is 0 Å². The van der Waals surface area contributed by atoms with Crippen LogP contribution >= 0.6 is 0 Å². The van der Waals surface area contributed by atoms with Crippen molar-refractivity contribution >= 4 is 5.91 Å². The van der Waals surface area contributed by atoms with E-state index in [4.69, 9.17) is 9.47 Å². The Morgan fingerprint density at radius 3 is 2.62 bits per heavy atom. The first kappa shape index (κ1) is 22.8. The number of ether oxygens (including phenoxy) is 2. The molecule has 3 aliphatic heterocycles. The molecule has 2 aromatic carbocycles. The molecule has 178 valence electrons. The van der Waals surface area contributed by atoms with Crippen LogP contribution in [0, 0.1) is 17.8 Å². The fourth-order valence-electron chi connectivity index (χ4n) is 5.35. The zero-order valence-electron chi connectivity index (χ0n) is 19.9. The van der Waals surface area contributed by atoms with E-state index in [0.717, 1.165) is 31.5 Å². The van der Waals surface area contributed by atoms with Crippen LogP contribution in [0.4, 0.5) is 0 Å². The SMILES string of the molecule is CC(C)C#Cc1ccc([C@H]2[C@@H](CO)N3CCCCN(C(=O)c4ccc5c(c4)OCO5)C[C@@H]23)cc1. The van der Waals surface area contributed by atoms with Gasteiger partial charge in [0.15, 0.2) is 11.5 Å². The van der Waals surface area contributed by atoms with Gasteiger partial charge in [-0.05, 0) is 55.3 Å². The van der Waals surface area contributed by atoms with Crippen molar-refractivity contribution in [2.45, 2.75) is 44.7 Å². The van der Waals surface area contributed by atoms with Gasteiger partial charge in [-0.3, -0.25) is 9.69 Å². The molecule has 0 spiro atoms. The minimum absolute atomic E-state index is 0.0191. The molecule has 3 aliphatic rings. The van der Waals surface area contributed by atoms with E-state index in [0.29, 0.717) is 29.5 Å². The van der Waals surface area contributed by atoms with Crippen molar-refractivity contribution in [3.8, 4) is 23.3 Å². The second-order valence-electron chi connectivity index (χ2n) is 9.65. The molecule has 0 bridgehead atoms. The second kappa shape index (κ2) is 9.69. The normalized spacial score (nSPS) is 23.9. The van der Waals surface area contributed by atoms with E-state index < -0.39 is 0 Å². The largest absolute Gasteiger partial charge is 0.454 e. The van der Waals surface area contributed by atoms with Gasteiger partial charge in [0.1, 0.15) is 0 Å². The number of fused-ring (bicyclic) bond motifs is 2. The molecule has 3 atom stereocenters. The first-order chi connectivity index (χ1) is 16.5. The van der Waals surface area contributed by atoms with Crippen molar-refractivity contribution < 1.29 is 19.4 Å². The zero-order valence-corrected chi connectivity index (χ0v) is 19.9. The van der Waals surface area contributed by atoms with Gasteiger partial charge in [0, 0.05) is 48.1 Å². The molecule has 0 unspecified atom stereocenters. The monoisotopic (exact) mass is 460 g/mol. The molecule has 3 heterocycles. The fourth-order valence-corrected chi connectivity index (χ4v) is 5.35. The zero-order chi connectivity index (χ0) is 23.7. The average Bonchev–Trinajstić information content (AvgIpc) is 3.30. The van der Waals surface area contributed by atoms with Gasteiger partial charge in [-0.1, -0.05) is 37.8 Å². The summed E-state index contributed by atoms with van der Waals surface area (Å²) in [5.74, 6) is 8.28. The quantitative estimate of drug-likeness (QED) is 0.711. The Morgan fingerprint density at radius 1 is 1.09 bits per heavy atom. The molecular weight excluding hydrogens is 428 g/mol. The number of amides is 1. The van der Waals surface area contributed by atoms with Crippen molar-refractivity contribution in [2.24, 2.45) is 5.92 Å². The molecule has 0 radical (unpaired) electrons. The highest BCUT2D eigenvalue weighted by molar-refractivity contribution is 5.95. The van der Waals surface area contributed by atoms with Crippen molar-refractivity contribution in [1.29, 1.82) is 0 Å². The van der Waals surface area contributed by atoms with E-state index in [1.54, 1.807) is 6.07 Å². The predicted octanol–water partition coefficient (Wildman–Crippen LogP) is 3.49. The van der Waals surface area contributed by atoms with Crippen molar-refractivity contribution in [3.05, 3.63) is 59.2 Å². The van der Waals surface area contributed by atoms with E-state index in [9.17, 15) is 9.90 Å². The summed E-state index contributed by atoms with van der Waals surface area (Å²) in [5.41, 5.74) is 2.83. The van der Waals surface area contributed by atoms with Gasteiger partial charge in [0.05, 0.1) is 6.61 Å². The molecule has 2 fully saturated rings. The molecule has 1 N–H and O–H groups in total. The maximum Gasteiger partial charge on any atom is 0.254 e. The van der Waals surface area contributed by atoms with Crippen molar-refractivity contribution in [2.75, 3.05) is 33.0 Å². The Bertz CT molecular complexity index is 1100. The minimum atomic E-state index is 0.0191. The van der Waals surface area contributed by atoms with Crippen LogP contribution in [0.15, 0.2) is 42.5 Å². The smallest absolute Gasteiger partial charge is 0.254 e. The number of nitrogens with zero attached hydrogens (tertiary/aromatic N) is 2. The van der Waals surface area contributed by atoms with Gasteiger partial charge in [-0.15, -0.1) is 0 Å². The molecule has 1 amide bonds. The Morgan fingerprint density at radius 2 is 1.85 bits per heavy atom. The van der Waals surface area contributed by atoms with E-state index in [1.807, 2.05) is 17.0 Å².